The van der Waals surface area contributed by atoms with Crippen LogP contribution < -0.4 is 19.1 Å². The molecule has 0 spiro atoms. The highest BCUT2D eigenvalue weighted by Crippen LogP contribution is 2.44. The van der Waals surface area contributed by atoms with Crippen LogP contribution in [-0.4, -0.2) is 43.7 Å². The van der Waals surface area contributed by atoms with Crippen LogP contribution in [0.3, 0.4) is 0 Å². The molecular formula is C25H21ClF3N5O6S. The highest BCUT2D eigenvalue weighted by molar-refractivity contribution is 7.92. The van der Waals surface area contributed by atoms with E-state index in [4.69, 9.17) is 21.1 Å². The smallest absolute Gasteiger partial charge is 0.417 e. The SMILES string of the molecule is CCC(=O)N(c1ccc(S(=O)(=O)Nc2ccon2)cn1)c1cc(Cl)c(-c2cc(C(F)(F)F)cnc2OC)cc1OC. The van der Waals surface area contributed by atoms with Gasteiger partial charge in [0.2, 0.25) is 11.8 Å². The van der Waals surface area contributed by atoms with Crippen molar-refractivity contribution in [3.63, 3.8) is 0 Å². The summed E-state index contributed by atoms with van der Waals surface area (Å²) in [4.78, 5) is 21.9. The predicted molar refractivity (Wildman–Crippen MR) is 142 cm³/mol. The van der Waals surface area contributed by atoms with Crippen LogP contribution in [0.15, 0.2) is 64.5 Å². The van der Waals surface area contributed by atoms with Gasteiger partial charge in [0.1, 0.15) is 22.7 Å². The first kappa shape index (κ1) is 29.6. The molecule has 1 aromatic carbocycles. The molecular weight excluding hydrogens is 591 g/mol. The lowest BCUT2D eigenvalue weighted by Gasteiger charge is -2.25. The topological polar surface area (TPSA) is 137 Å². The van der Waals surface area contributed by atoms with Crippen LogP contribution in [0.1, 0.15) is 18.9 Å². The monoisotopic (exact) mass is 611 g/mol. The quantitative estimate of drug-likeness (QED) is 0.253. The maximum Gasteiger partial charge on any atom is 0.417 e. The van der Waals surface area contributed by atoms with Crippen molar-refractivity contribution in [2.75, 3.05) is 23.8 Å². The third kappa shape index (κ3) is 6.20. The Morgan fingerprint density at radius 2 is 1.83 bits per heavy atom. The Bertz CT molecular complexity index is 1670. The largest absolute Gasteiger partial charge is 0.495 e. The van der Waals surface area contributed by atoms with E-state index in [2.05, 4.69) is 24.4 Å². The van der Waals surface area contributed by atoms with E-state index in [1.54, 1.807) is 6.92 Å². The molecule has 41 heavy (non-hydrogen) atoms. The minimum Gasteiger partial charge on any atom is -0.495 e. The van der Waals surface area contributed by atoms with E-state index in [-0.39, 0.29) is 56.4 Å². The number of nitrogens with one attached hydrogen (secondary N) is 1. The maximum atomic E-state index is 13.4. The summed E-state index contributed by atoms with van der Waals surface area (Å²) < 4.78 is 83.0. The first-order valence-corrected chi connectivity index (χ1v) is 13.5. The summed E-state index contributed by atoms with van der Waals surface area (Å²) in [6.45, 7) is 1.59. The Morgan fingerprint density at radius 1 is 1.07 bits per heavy atom. The van der Waals surface area contributed by atoms with Crippen molar-refractivity contribution in [2.45, 2.75) is 24.4 Å². The number of alkyl halides is 3. The molecule has 1 amide bonds. The Balaban J connectivity index is 1.79. The van der Waals surface area contributed by atoms with Crippen LogP contribution >= 0.6 is 11.6 Å². The maximum absolute atomic E-state index is 13.4. The van der Waals surface area contributed by atoms with Gasteiger partial charge in [0, 0.05) is 36.0 Å². The van der Waals surface area contributed by atoms with Crippen LogP contribution in [0.2, 0.25) is 5.02 Å². The summed E-state index contributed by atoms with van der Waals surface area (Å²) in [6, 6.07) is 7.34. The van der Waals surface area contributed by atoms with Crippen LogP contribution in [0, 0.1) is 0 Å². The molecule has 16 heteroatoms. The second kappa shape index (κ2) is 11.6. The first-order valence-electron chi connectivity index (χ1n) is 11.6. The third-order valence-electron chi connectivity index (χ3n) is 5.66. The molecule has 0 saturated carbocycles. The van der Waals surface area contributed by atoms with Gasteiger partial charge in [-0.05, 0) is 30.3 Å². The number of carbonyl (C=O) groups excluding carboxylic acids is 1. The van der Waals surface area contributed by atoms with Crippen LogP contribution in [0.4, 0.5) is 30.5 Å². The molecule has 0 bridgehead atoms. The van der Waals surface area contributed by atoms with Gasteiger partial charge < -0.3 is 14.0 Å². The Hall–Kier alpha value is -4.37. The van der Waals surface area contributed by atoms with Crippen LogP contribution in [0.25, 0.3) is 11.1 Å². The lowest BCUT2D eigenvalue weighted by molar-refractivity contribution is -0.137. The Labute approximate surface area is 236 Å². The van der Waals surface area contributed by atoms with Crippen molar-refractivity contribution in [3.8, 4) is 22.8 Å². The standard InChI is InChI=1S/C25H21ClF3N5O6S/c1-4-23(35)34(22-6-5-15(13-30-22)41(36,37)33-21-7-8-40-32-21)19-11-18(26)16(10-20(19)38-2)17-9-14(25(27,28)29)12-31-24(17)39-3/h5-13H,4H2,1-3H3,(H,32,33). The molecule has 3 heterocycles. The number of nitrogens with zero attached hydrogens (tertiary/aromatic N) is 4. The molecule has 4 aromatic rings. The number of hydrogen-bond acceptors (Lipinski definition) is 9. The van der Waals surface area contributed by atoms with Gasteiger partial charge in [0.15, 0.2) is 5.82 Å². The minimum atomic E-state index is -4.68. The zero-order chi connectivity index (χ0) is 29.9. The highest BCUT2D eigenvalue weighted by Gasteiger charge is 2.33. The van der Waals surface area contributed by atoms with Crippen molar-refractivity contribution in [1.82, 2.24) is 15.1 Å². The number of halogens is 4. The number of anilines is 3. The fraction of sp³-hybridized carbons (Fsp3) is 0.200. The van der Waals surface area contributed by atoms with Gasteiger partial charge in [-0.1, -0.05) is 23.7 Å². The van der Waals surface area contributed by atoms with Gasteiger partial charge in [-0.25, -0.2) is 18.4 Å². The molecule has 0 aliphatic carbocycles. The number of carbonyl (C=O) groups is 1. The Morgan fingerprint density at radius 3 is 2.39 bits per heavy atom. The predicted octanol–water partition coefficient (Wildman–Crippen LogP) is 5.70. The molecule has 0 radical (unpaired) electrons. The van der Waals surface area contributed by atoms with E-state index in [0.717, 1.165) is 17.2 Å². The summed E-state index contributed by atoms with van der Waals surface area (Å²) in [5, 5.41) is 3.45. The van der Waals surface area contributed by atoms with E-state index in [0.29, 0.717) is 6.20 Å². The number of ether oxygens (including phenoxy) is 2. The van der Waals surface area contributed by atoms with E-state index in [1.807, 2.05) is 0 Å². The third-order valence-corrected chi connectivity index (χ3v) is 7.31. The lowest BCUT2D eigenvalue weighted by atomic mass is 10.0. The van der Waals surface area contributed by atoms with Crippen LogP contribution in [0.5, 0.6) is 11.6 Å². The molecule has 0 fully saturated rings. The summed E-state index contributed by atoms with van der Waals surface area (Å²) in [5.74, 6) is -0.540. The zero-order valence-electron chi connectivity index (χ0n) is 21.6. The summed E-state index contributed by atoms with van der Waals surface area (Å²) in [5.41, 5.74) is -0.874. The zero-order valence-corrected chi connectivity index (χ0v) is 23.1. The molecule has 216 valence electrons. The molecule has 0 unspecified atom stereocenters. The summed E-state index contributed by atoms with van der Waals surface area (Å²) in [7, 11) is -1.53. The number of hydrogen-bond donors (Lipinski definition) is 1. The second-order valence-corrected chi connectivity index (χ2v) is 10.3. The number of sulfonamides is 1. The molecule has 0 aliphatic heterocycles. The fourth-order valence-electron chi connectivity index (χ4n) is 3.72. The molecule has 0 aliphatic rings. The molecule has 4 rings (SSSR count). The van der Waals surface area contributed by atoms with E-state index < -0.39 is 27.7 Å². The van der Waals surface area contributed by atoms with Crippen molar-refractivity contribution in [2.24, 2.45) is 0 Å². The van der Waals surface area contributed by atoms with Crippen molar-refractivity contribution < 1.29 is 40.4 Å². The average Bonchev–Trinajstić information content (AvgIpc) is 3.45. The molecule has 0 saturated heterocycles. The van der Waals surface area contributed by atoms with Gasteiger partial charge in [-0.3, -0.25) is 14.4 Å². The number of pyridine rings is 2. The van der Waals surface area contributed by atoms with E-state index in [1.165, 1.54) is 50.8 Å². The molecule has 11 nitrogen and oxygen atoms in total. The second-order valence-electron chi connectivity index (χ2n) is 8.21. The Kier molecular flexibility index (Phi) is 8.39. The number of aromatic nitrogens is 3. The lowest BCUT2D eigenvalue weighted by Crippen LogP contribution is -2.26. The molecule has 1 N–H and O–H groups in total. The van der Waals surface area contributed by atoms with Gasteiger partial charge >= 0.3 is 6.18 Å². The van der Waals surface area contributed by atoms with Gasteiger partial charge in [0.25, 0.3) is 10.0 Å². The van der Waals surface area contributed by atoms with E-state index >= 15 is 0 Å². The molecule has 0 atom stereocenters. The van der Waals surface area contributed by atoms with Gasteiger partial charge in [-0.2, -0.15) is 13.2 Å². The van der Waals surface area contributed by atoms with Crippen molar-refractivity contribution in [3.05, 3.63) is 65.6 Å². The number of methoxy groups -OCH3 is 2. The van der Waals surface area contributed by atoms with Crippen molar-refractivity contribution in [1.29, 1.82) is 0 Å². The number of benzene rings is 1. The van der Waals surface area contributed by atoms with Gasteiger partial charge in [-0.15, -0.1) is 0 Å². The normalized spacial score (nSPS) is 11.7. The van der Waals surface area contributed by atoms with Crippen LogP contribution in [-0.2, 0) is 21.0 Å². The van der Waals surface area contributed by atoms with E-state index in [9.17, 15) is 26.4 Å². The minimum absolute atomic E-state index is 0.00331. The van der Waals surface area contributed by atoms with Gasteiger partial charge in [0.05, 0.1) is 30.5 Å². The average molecular weight is 612 g/mol. The highest BCUT2D eigenvalue weighted by atomic mass is 35.5. The summed E-state index contributed by atoms with van der Waals surface area (Å²) >= 11 is 6.54. The fourth-order valence-corrected chi connectivity index (χ4v) is 4.92. The summed E-state index contributed by atoms with van der Waals surface area (Å²) in [6.07, 6.45) is -1.81. The first-order chi connectivity index (χ1) is 19.4. The van der Waals surface area contributed by atoms with Crippen molar-refractivity contribution >= 4 is 44.9 Å². The number of rotatable bonds is 9. The molecule has 3 aromatic heterocycles. The number of amides is 1.